The summed E-state index contributed by atoms with van der Waals surface area (Å²) in [5.41, 5.74) is 2.35. The largest absolute Gasteiger partial charge is 0.372 e. The summed E-state index contributed by atoms with van der Waals surface area (Å²) in [5.74, 6) is 0. The maximum Gasteiger partial charge on any atom is 0.264 e. The molecule has 1 fully saturated rings. The summed E-state index contributed by atoms with van der Waals surface area (Å²) >= 11 is 0. The normalized spacial score (nSPS) is 16.2. The summed E-state index contributed by atoms with van der Waals surface area (Å²) < 4.78 is 26.4. The molecule has 0 bridgehead atoms. The summed E-state index contributed by atoms with van der Waals surface area (Å²) in [4.78, 5) is 2.37. The van der Waals surface area contributed by atoms with Gasteiger partial charge in [0.2, 0.25) is 0 Å². The maximum atomic E-state index is 10.8. The van der Waals surface area contributed by atoms with Crippen molar-refractivity contribution in [3.63, 3.8) is 0 Å². The van der Waals surface area contributed by atoms with Gasteiger partial charge in [-0.15, -0.1) is 0 Å². The van der Waals surface area contributed by atoms with Crippen molar-refractivity contribution < 1.29 is 12.6 Å². The van der Waals surface area contributed by atoms with E-state index >= 15 is 0 Å². The number of rotatable bonds is 5. The molecular weight excluding hydrogens is 250 g/mol. The molecule has 1 heterocycles. The predicted molar refractivity (Wildman–Crippen MR) is 72.4 cm³/mol. The first-order chi connectivity index (χ1) is 8.54. The summed E-state index contributed by atoms with van der Waals surface area (Å²) in [6.45, 7) is 2.48. The molecule has 4 nitrogen and oxygen atoms in total. The maximum absolute atomic E-state index is 10.8. The highest BCUT2D eigenvalue weighted by molar-refractivity contribution is 7.85. The van der Waals surface area contributed by atoms with Gasteiger partial charge in [0.25, 0.3) is 10.1 Å². The number of hydrogen-bond acceptors (Lipinski definition) is 4. The highest BCUT2D eigenvalue weighted by atomic mass is 32.2. The predicted octanol–water partition coefficient (Wildman–Crippen LogP) is 1.81. The molecule has 0 aromatic heterocycles. The average Bonchev–Trinajstić information content (AvgIpc) is 2.82. The Balaban J connectivity index is 1.87. The molecule has 100 valence electrons. The van der Waals surface area contributed by atoms with E-state index in [4.69, 9.17) is 4.18 Å². The zero-order chi connectivity index (χ0) is 13.0. The number of nitrogens with zero attached hydrogens (tertiary/aromatic N) is 1. The highest BCUT2D eigenvalue weighted by Gasteiger charge is 2.11. The molecule has 1 aromatic rings. The zero-order valence-corrected chi connectivity index (χ0v) is 11.4. The van der Waals surface area contributed by atoms with E-state index in [0.29, 0.717) is 6.42 Å². The van der Waals surface area contributed by atoms with Crippen molar-refractivity contribution >= 4 is 15.8 Å². The van der Waals surface area contributed by atoms with Crippen LogP contribution in [-0.2, 0) is 20.7 Å². The third-order valence-corrected chi connectivity index (χ3v) is 3.69. The molecule has 1 aliphatic heterocycles. The Bertz CT molecular complexity index is 475. The van der Waals surface area contributed by atoms with Crippen molar-refractivity contribution in [2.24, 2.45) is 0 Å². The minimum atomic E-state index is -3.32. The third kappa shape index (κ3) is 3.99. The van der Waals surface area contributed by atoms with Crippen LogP contribution in [0.2, 0.25) is 0 Å². The monoisotopic (exact) mass is 269 g/mol. The van der Waals surface area contributed by atoms with Crippen LogP contribution < -0.4 is 4.90 Å². The summed E-state index contributed by atoms with van der Waals surface area (Å²) in [6, 6.07) is 8.28. The van der Waals surface area contributed by atoms with Crippen LogP contribution in [0.1, 0.15) is 18.4 Å². The van der Waals surface area contributed by atoms with E-state index in [1.54, 1.807) is 0 Å². The number of anilines is 1. The molecular formula is C13H19NO3S. The lowest BCUT2D eigenvalue weighted by atomic mass is 10.1. The van der Waals surface area contributed by atoms with Crippen LogP contribution in [-0.4, -0.2) is 34.4 Å². The van der Waals surface area contributed by atoms with Gasteiger partial charge in [0.05, 0.1) is 12.9 Å². The van der Waals surface area contributed by atoms with E-state index in [2.05, 4.69) is 17.0 Å². The summed E-state index contributed by atoms with van der Waals surface area (Å²) in [7, 11) is -3.32. The molecule has 1 aliphatic rings. The van der Waals surface area contributed by atoms with E-state index in [1.165, 1.54) is 18.5 Å². The fourth-order valence-corrected chi connectivity index (χ4v) is 2.55. The molecule has 0 atom stereocenters. The SMILES string of the molecule is CS(=O)(=O)OCCc1ccc(N2CCCC2)cc1. The molecule has 0 unspecified atom stereocenters. The van der Waals surface area contributed by atoms with Gasteiger partial charge in [-0.05, 0) is 37.0 Å². The second-order valence-electron chi connectivity index (χ2n) is 4.64. The van der Waals surface area contributed by atoms with E-state index in [9.17, 15) is 8.42 Å². The minimum absolute atomic E-state index is 0.210. The van der Waals surface area contributed by atoms with Gasteiger partial charge in [0.15, 0.2) is 0 Å². The fraction of sp³-hybridized carbons (Fsp3) is 0.538. The number of benzene rings is 1. The lowest BCUT2D eigenvalue weighted by Gasteiger charge is -2.17. The van der Waals surface area contributed by atoms with Gasteiger partial charge in [0.1, 0.15) is 0 Å². The van der Waals surface area contributed by atoms with Crippen molar-refractivity contribution in [2.75, 3.05) is 30.9 Å². The van der Waals surface area contributed by atoms with Crippen LogP contribution >= 0.6 is 0 Å². The van der Waals surface area contributed by atoms with Crippen LogP contribution in [0.4, 0.5) is 5.69 Å². The lowest BCUT2D eigenvalue weighted by molar-refractivity contribution is 0.326. The van der Waals surface area contributed by atoms with E-state index in [0.717, 1.165) is 24.9 Å². The molecule has 0 spiro atoms. The minimum Gasteiger partial charge on any atom is -0.372 e. The van der Waals surface area contributed by atoms with Crippen molar-refractivity contribution in [1.82, 2.24) is 0 Å². The Morgan fingerprint density at radius 3 is 2.33 bits per heavy atom. The van der Waals surface area contributed by atoms with Gasteiger partial charge >= 0.3 is 0 Å². The standard InChI is InChI=1S/C13H19NO3S/c1-18(15,16)17-11-8-12-4-6-13(7-5-12)14-9-2-3-10-14/h4-7H,2-3,8-11H2,1H3. The Morgan fingerprint density at radius 1 is 1.17 bits per heavy atom. The highest BCUT2D eigenvalue weighted by Crippen LogP contribution is 2.20. The smallest absolute Gasteiger partial charge is 0.264 e. The molecule has 1 aromatic carbocycles. The average molecular weight is 269 g/mol. The fourth-order valence-electron chi connectivity index (χ4n) is 2.16. The Morgan fingerprint density at radius 2 is 1.78 bits per heavy atom. The summed E-state index contributed by atoms with van der Waals surface area (Å²) in [6.07, 6.45) is 4.23. The Hall–Kier alpha value is -1.07. The Kier molecular flexibility index (Phi) is 4.24. The van der Waals surface area contributed by atoms with E-state index in [1.807, 2.05) is 12.1 Å². The molecule has 0 aliphatic carbocycles. The molecule has 18 heavy (non-hydrogen) atoms. The van der Waals surface area contributed by atoms with Gasteiger partial charge in [0, 0.05) is 18.8 Å². The first-order valence-corrected chi connectivity index (χ1v) is 8.04. The van der Waals surface area contributed by atoms with E-state index in [-0.39, 0.29) is 6.61 Å². The van der Waals surface area contributed by atoms with Crippen molar-refractivity contribution in [3.8, 4) is 0 Å². The summed E-state index contributed by atoms with van der Waals surface area (Å²) in [5, 5.41) is 0. The van der Waals surface area contributed by atoms with Crippen molar-refractivity contribution in [2.45, 2.75) is 19.3 Å². The van der Waals surface area contributed by atoms with Gasteiger partial charge in [-0.2, -0.15) is 8.42 Å². The van der Waals surface area contributed by atoms with Crippen LogP contribution in [0, 0.1) is 0 Å². The van der Waals surface area contributed by atoms with Crippen LogP contribution in [0.15, 0.2) is 24.3 Å². The quantitative estimate of drug-likeness (QED) is 0.765. The molecule has 0 saturated carbocycles. The number of hydrogen-bond donors (Lipinski definition) is 0. The topological polar surface area (TPSA) is 46.6 Å². The van der Waals surface area contributed by atoms with Crippen molar-refractivity contribution in [3.05, 3.63) is 29.8 Å². The van der Waals surface area contributed by atoms with Gasteiger partial charge in [-0.25, -0.2) is 0 Å². The Labute approximate surface area is 109 Å². The van der Waals surface area contributed by atoms with Gasteiger partial charge < -0.3 is 4.90 Å². The molecule has 5 heteroatoms. The first-order valence-electron chi connectivity index (χ1n) is 6.23. The van der Waals surface area contributed by atoms with E-state index < -0.39 is 10.1 Å². The van der Waals surface area contributed by atoms with Crippen LogP contribution in [0.25, 0.3) is 0 Å². The van der Waals surface area contributed by atoms with Crippen LogP contribution in [0.5, 0.6) is 0 Å². The lowest BCUT2D eigenvalue weighted by Crippen LogP contribution is -2.17. The van der Waals surface area contributed by atoms with Crippen LogP contribution in [0.3, 0.4) is 0 Å². The van der Waals surface area contributed by atoms with Gasteiger partial charge in [-0.1, -0.05) is 12.1 Å². The zero-order valence-electron chi connectivity index (χ0n) is 10.6. The molecule has 1 saturated heterocycles. The third-order valence-electron chi connectivity index (χ3n) is 3.10. The molecule has 2 rings (SSSR count). The molecule has 0 radical (unpaired) electrons. The molecule has 0 amide bonds. The second-order valence-corrected chi connectivity index (χ2v) is 6.28. The van der Waals surface area contributed by atoms with Crippen molar-refractivity contribution in [1.29, 1.82) is 0 Å². The molecule has 0 N–H and O–H groups in total. The second kappa shape index (κ2) is 5.71. The van der Waals surface area contributed by atoms with Gasteiger partial charge in [-0.3, -0.25) is 4.18 Å². The first kappa shape index (κ1) is 13.4.